The first-order valence-corrected chi connectivity index (χ1v) is 4.64. The Morgan fingerprint density at radius 1 is 1.50 bits per heavy atom. The van der Waals surface area contributed by atoms with Crippen LogP contribution in [0.5, 0.6) is 5.75 Å². The lowest BCUT2D eigenvalue weighted by molar-refractivity contribution is 0.103. The molecule has 2 heteroatoms. The van der Waals surface area contributed by atoms with Gasteiger partial charge in [0.1, 0.15) is 5.75 Å². The third-order valence-electron chi connectivity index (χ3n) is 2.34. The quantitative estimate of drug-likeness (QED) is 0.526. The summed E-state index contributed by atoms with van der Waals surface area (Å²) in [5.74, 6) is 0.919. The topological polar surface area (TPSA) is 26.3 Å². The molecule has 0 radical (unpaired) electrons. The van der Waals surface area contributed by atoms with Gasteiger partial charge in [-0.3, -0.25) is 4.79 Å². The van der Waals surface area contributed by atoms with Gasteiger partial charge >= 0.3 is 0 Å². The van der Waals surface area contributed by atoms with Crippen molar-refractivity contribution in [2.75, 3.05) is 6.61 Å². The number of benzene rings is 1. The van der Waals surface area contributed by atoms with Crippen LogP contribution < -0.4 is 4.74 Å². The fourth-order valence-corrected chi connectivity index (χ4v) is 1.57. The molecule has 0 bridgehead atoms. The average molecular weight is 188 g/mol. The summed E-state index contributed by atoms with van der Waals surface area (Å²) in [4.78, 5) is 11.6. The zero-order valence-corrected chi connectivity index (χ0v) is 8.17. The van der Waals surface area contributed by atoms with E-state index in [0.717, 1.165) is 24.3 Å². The molecule has 2 rings (SSSR count). The fraction of sp³-hybridized carbons (Fsp3) is 0.250. The molecule has 0 saturated carbocycles. The Bertz CT molecular complexity index is 405. The Morgan fingerprint density at radius 3 is 3.00 bits per heavy atom. The van der Waals surface area contributed by atoms with Crippen molar-refractivity contribution in [3.8, 4) is 5.75 Å². The Kier molecular flexibility index (Phi) is 2.12. The van der Waals surface area contributed by atoms with Gasteiger partial charge in [-0.15, -0.1) is 0 Å². The summed E-state index contributed by atoms with van der Waals surface area (Å²) in [5, 5.41) is 0. The van der Waals surface area contributed by atoms with Crippen LogP contribution in [0.15, 0.2) is 30.4 Å². The summed E-state index contributed by atoms with van der Waals surface area (Å²) < 4.78 is 5.36. The van der Waals surface area contributed by atoms with Crippen LogP contribution in [0.1, 0.15) is 22.8 Å². The predicted octanol–water partition coefficient (Wildman–Crippen LogP) is 2.38. The Balaban J connectivity index is 2.38. The first-order valence-electron chi connectivity index (χ1n) is 4.64. The number of hydrogen-bond acceptors (Lipinski definition) is 2. The number of carbonyl (C=O) groups excluding carboxylic acids is 1. The number of Topliss-reactive ketones (excluding diaryl/α,β-unsaturated/α-hetero) is 1. The number of allylic oxidation sites excluding steroid dienone is 1. The molecule has 1 aromatic carbocycles. The number of ether oxygens (including phenoxy) is 1. The molecule has 1 aliphatic rings. The lowest BCUT2D eigenvalue weighted by atomic mass is 10.0. The van der Waals surface area contributed by atoms with Crippen LogP contribution in [0.25, 0.3) is 0 Å². The lowest BCUT2D eigenvalue weighted by Crippen LogP contribution is -1.99. The molecule has 0 aromatic heterocycles. The molecule has 0 saturated heterocycles. The normalized spacial score (nSPS) is 13.2. The molecule has 0 spiro atoms. The Labute approximate surface area is 83.2 Å². The van der Waals surface area contributed by atoms with Crippen molar-refractivity contribution in [2.45, 2.75) is 13.3 Å². The van der Waals surface area contributed by atoms with Gasteiger partial charge < -0.3 is 4.74 Å². The van der Waals surface area contributed by atoms with E-state index in [1.807, 2.05) is 12.1 Å². The van der Waals surface area contributed by atoms with E-state index in [9.17, 15) is 4.79 Å². The highest BCUT2D eigenvalue weighted by molar-refractivity contribution is 6.08. The van der Waals surface area contributed by atoms with Gasteiger partial charge in [0.2, 0.25) is 0 Å². The van der Waals surface area contributed by atoms with E-state index in [1.54, 1.807) is 13.0 Å². The van der Waals surface area contributed by atoms with Gasteiger partial charge in [0.25, 0.3) is 0 Å². The highest BCUT2D eigenvalue weighted by Gasteiger charge is 2.14. The molecule has 0 atom stereocenters. The van der Waals surface area contributed by atoms with Crippen LogP contribution in [-0.2, 0) is 6.42 Å². The molecule has 1 heterocycles. The number of rotatable bonds is 2. The maximum atomic E-state index is 11.6. The van der Waals surface area contributed by atoms with E-state index in [0.29, 0.717) is 11.1 Å². The minimum Gasteiger partial charge on any atom is -0.493 e. The van der Waals surface area contributed by atoms with E-state index in [1.165, 1.54) is 0 Å². The van der Waals surface area contributed by atoms with E-state index in [2.05, 4.69) is 6.58 Å². The van der Waals surface area contributed by atoms with Crippen molar-refractivity contribution in [3.05, 3.63) is 41.5 Å². The van der Waals surface area contributed by atoms with Crippen molar-refractivity contribution >= 4 is 5.78 Å². The highest BCUT2D eigenvalue weighted by atomic mass is 16.5. The minimum absolute atomic E-state index is 0.0136. The van der Waals surface area contributed by atoms with Gasteiger partial charge in [-0.25, -0.2) is 0 Å². The second kappa shape index (κ2) is 3.29. The second-order valence-corrected chi connectivity index (χ2v) is 3.53. The van der Waals surface area contributed by atoms with E-state index in [4.69, 9.17) is 4.74 Å². The van der Waals surface area contributed by atoms with Crippen LogP contribution in [-0.4, -0.2) is 12.4 Å². The molecule has 0 unspecified atom stereocenters. The summed E-state index contributed by atoms with van der Waals surface area (Å²) in [6.07, 6.45) is 0.895. The van der Waals surface area contributed by atoms with E-state index >= 15 is 0 Å². The van der Waals surface area contributed by atoms with Crippen molar-refractivity contribution in [1.29, 1.82) is 0 Å². The fourth-order valence-electron chi connectivity index (χ4n) is 1.57. The van der Waals surface area contributed by atoms with Crippen LogP contribution in [0.4, 0.5) is 0 Å². The van der Waals surface area contributed by atoms with Crippen LogP contribution in [0, 0.1) is 0 Å². The van der Waals surface area contributed by atoms with Crippen LogP contribution in [0.3, 0.4) is 0 Å². The number of hydrogen-bond donors (Lipinski definition) is 0. The maximum Gasteiger partial charge on any atom is 0.188 e. The Hall–Kier alpha value is -1.57. The molecular weight excluding hydrogens is 176 g/mol. The van der Waals surface area contributed by atoms with Crippen LogP contribution in [0.2, 0.25) is 0 Å². The Morgan fingerprint density at radius 2 is 2.29 bits per heavy atom. The highest BCUT2D eigenvalue weighted by Crippen LogP contribution is 2.26. The van der Waals surface area contributed by atoms with Gasteiger partial charge in [0.15, 0.2) is 5.78 Å². The van der Waals surface area contributed by atoms with Gasteiger partial charge in [-0.2, -0.15) is 0 Å². The zero-order chi connectivity index (χ0) is 10.1. The molecule has 1 aromatic rings. The van der Waals surface area contributed by atoms with Gasteiger partial charge in [-0.05, 0) is 36.3 Å². The molecular formula is C12H12O2. The minimum atomic E-state index is 0.0136. The molecule has 2 nitrogen and oxygen atoms in total. The first-order chi connectivity index (χ1) is 6.68. The molecule has 1 aliphatic heterocycles. The average Bonchev–Trinajstić information content (AvgIpc) is 2.62. The smallest absolute Gasteiger partial charge is 0.188 e. The third kappa shape index (κ3) is 1.43. The van der Waals surface area contributed by atoms with E-state index < -0.39 is 0 Å². The number of carbonyl (C=O) groups is 1. The zero-order valence-electron chi connectivity index (χ0n) is 8.17. The van der Waals surface area contributed by atoms with Crippen LogP contribution >= 0.6 is 0 Å². The van der Waals surface area contributed by atoms with Crippen molar-refractivity contribution in [1.82, 2.24) is 0 Å². The van der Waals surface area contributed by atoms with Gasteiger partial charge in [0.05, 0.1) is 6.61 Å². The second-order valence-electron chi connectivity index (χ2n) is 3.53. The largest absolute Gasteiger partial charge is 0.493 e. The summed E-state index contributed by atoms with van der Waals surface area (Å²) in [7, 11) is 0. The predicted molar refractivity (Wildman–Crippen MR) is 54.8 cm³/mol. The summed E-state index contributed by atoms with van der Waals surface area (Å²) in [6.45, 7) is 6.09. The van der Waals surface area contributed by atoms with Crippen molar-refractivity contribution in [3.63, 3.8) is 0 Å². The monoisotopic (exact) mass is 188 g/mol. The summed E-state index contributed by atoms with van der Waals surface area (Å²) in [6, 6.07) is 5.55. The van der Waals surface area contributed by atoms with Crippen molar-refractivity contribution < 1.29 is 9.53 Å². The van der Waals surface area contributed by atoms with E-state index in [-0.39, 0.29) is 5.78 Å². The maximum absolute atomic E-state index is 11.6. The molecule has 14 heavy (non-hydrogen) atoms. The summed E-state index contributed by atoms with van der Waals surface area (Å²) >= 11 is 0. The summed E-state index contributed by atoms with van der Waals surface area (Å²) in [5.41, 5.74) is 2.41. The van der Waals surface area contributed by atoms with Gasteiger partial charge in [-0.1, -0.05) is 6.58 Å². The first kappa shape index (κ1) is 9.00. The molecule has 0 aliphatic carbocycles. The molecule has 0 amide bonds. The SMILES string of the molecule is C=C(C)C(=O)c1ccc2c(c1)CCO2. The van der Waals surface area contributed by atoms with Crippen molar-refractivity contribution in [2.24, 2.45) is 0 Å². The number of fused-ring (bicyclic) bond motifs is 1. The molecule has 0 fully saturated rings. The molecule has 72 valence electrons. The lowest BCUT2D eigenvalue weighted by Gasteiger charge is -2.02. The van der Waals surface area contributed by atoms with Gasteiger partial charge in [0, 0.05) is 12.0 Å². The standard InChI is InChI=1S/C12H12O2/c1-8(2)12(13)10-3-4-11-9(7-10)5-6-14-11/h3-4,7H,1,5-6H2,2H3. The third-order valence-corrected chi connectivity index (χ3v) is 2.34. The molecule has 0 N–H and O–H groups in total. The number of ketones is 1.